The molecule has 0 aliphatic carbocycles. The lowest BCUT2D eigenvalue weighted by Crippen LogP contribution is -1.95. The first-order chi connectivity index (χ1) is 7.81. The second-order valence-electron chi connectivity index (χ2n) is 3.89. The van der Waals surface area contributed by atoms with Crippen molar-refractivity contribution >= 4 is 23.1 Å². The number of hydrogen-bond acceptors (Lipinski definition) is 3. The molecule has 1 nitrogen and oxygen atoms in total. The zero-order valence-corrected chi connectivity index (χ0v) is 11.7. The summed E-state index contributed by atoms with van der Waals surface area (Å²) < 4.78 is 0. The first kappa shape index (κ1) is 13.6. The van der Waals surface area contributed by atoms with Gasteiger partial charge in [0, 0.05) is 15.5 Å². The lowest BCUT2D eigenvalue weighted by Gasteiger charge is -2.11. The van der Waals surface area contributed by atoms with E-state index in [1.165, 1.54) is 40.8 Å². The Hall–Kier alpha value is -0.460. The molecule has 1 aromatic heterocycles. The number of thiocyanates is 1. The number of rotatable bonds is 7. The van der Waals surface area contributed by atoms with Gasteiger partial charge in [0.25, 0.3) is 0 Å². The van der Waals surface area contributed by atoms with Crippen molar-refractivity contribution in [3.05, 3.63) is 21.9 Å². The molecule has 0 aromatic carbocycles. The standard InChI is InChI=1S/C13H19NS2/c1-3-5-12-6-7-13(16-12)11(4-2)8-9-15-10-14/h6-7,11H,3-5,8-9H2,1-2H3. The van der Waals surface area contributed by atoms with E-state index in [1.54, 1.807) is 0 Å². The summed E-state index contributed by atoms with van der Waals surface area (Å²) in [6, 6.07) is 4.55. The van der Waals surface area contributed by atoms with Crippen LogP contribution >= 0.6 is 23.1 Å². The van der Waals surface area contributed by atoms with Gasteiger partial charge in [0.2, 0.25) is 0 Å². The summed E-state index contributed by atoms with van der Waals surface area (Å²) in [5, 5.41) is 10.7. The molecule has 0 spiro atoms. The minimum Gasteiger partial charge on any atom is -0.185 e. The first-order valence-electron chi connectivity index (χ1n) is 5.91. The van der Waals surface area contributed by atoms with Gasteiger partial charge < -0.3 is 0 Å². The number of nitrogens with zero attached hydrogens (tertiary/aromatic N) is 1. The number of aryl methyl sites for hydroxylation is 1. The zero-order chi connectivity index (χ0) is 11.8. The van der Waals surface area contributed by atoms with Gasteiger partial charge >= 0.3 is 0 Å². The zero-order valence-electron chi connectivity index (χ0n) is 10.0. The molecule has 0 radical (unpaired) electrons. The quantitative estimate of drug-likeness (QED) is 0.515. The average Bonchev–Trinajstić information content (AvgIpc) is 2.74. The highest BCUT2D eigenvalue weighted by Crippen LogP contribution is 2.31. The van der Waals surface area contributed by atoms with Crippen molar-refractivity contribution in [2.75, 3.05) is 5.75 Å². The number of nitriles is 1. The summed E-state index contributed by atoms with van der Waals surface area (Å²) in [6.07, 6.45) is 4.73. The SMILES string of the molecule is CCCc1ccc(C(CC)CCSC#N)s1. The van der Waals surface area contributed by atoms with Crippen LogP contribution in [0, 0.1) is 10.7 Å². The van der Waals surface area contributed by atoms with E-state index in [1.807, 2.05) is 11.3 Å². The Balaban J connectivity index is 2.53. The summed E-state index contributed by atoms with van der Waals surface area (Å²) >= 11 is 3.33. The fraction of sp³-hybridized carbons (Fsp3) is 0.615. The average molecular weight is 253 g/mol. The van der Waals surface area contributed by atoms with Crippen molar-refractivity contribution in [2.24, 2.45) is 0 Å². The minimum absolute atomic E-state index is 0.649. The molecule has 1 rings (SSSR count). The number of thiophene rings is 1. The van der Waals surface area contributed by atoms with E-state index >= 15 is 0 Å². The highest BCUT2D eigenvalue weighted by atomic mass is 32.2. The van der Waals surface area contributed by atoms with Gasteiger partial charge in [0.15, 0.2) is 0 Å². The van der Waals surface area contributed by atoms with Crippen LogP contribution in [-0.4, -0.2) is 5.75 Å². The molecule has 0 amide bonds. The lowest BCUT2D eigenvalue weighted by molar-refractivity contribution is 0.659. The van der Waals surface area contributed by atoms with Crippen molar-refractivity contribution in [1.82, 2.24) is 0 Å². The van der Waals surface area contributed by atoms with Crippen molar-refractivity contribution in [3.8, 4) is 5.40 Å². The largest absolute Gasteiger partial charge is 0.185 e. The van der Waals surface area contributed by atoms with Crippen LogP contribution in [0.25, 0.3) is 0 Å². The van der Waals surface area contributed by atoms with Crippen molar-refractivity contribution < 1.29 is 0 Å². The normalized spacial score (nSPS) is 12.3. The molecule has 1 atom stereocenters. The monoisotopic (exact) mass is 253 g/mol. The first-order valence-corrected chi connectivity index (χ1v) is 7.71. The summed E-state index contributed by atoms with van der Waals surface area (Å²) in [6.45, 7) is 4.46. The Morgan fingerprint density at radius 2 is 2.25 bits per heavy atom. The van der Waals surface area contributed by atoms with Crippen molar-refractivity contribution in [1.29, 1.82) is 5.26 Å². The van der Waals surface area contributed by atoms with Gasteiger partial charge in [-0.2, -0.15) is 5.26 Å². The molecule has 0 N–H and O–H groups in total. The maximum absolute atomic E-state index is 8.51. The summed E-state index contributed by atoms with van der Waals surface area (Å²) in [7, 11) is 0. The molecule has 0 saturated heterocycles. The van der Waals surface area contributed by atoms with E-state index in [-0.39, 0.29) is 0 Å². The Kier molecular flexibility index (Phi) is 6.59. The maximum atomic E-state index is 8.51. The van der Waals surface area contributed by atoms with Gasteiger partial charge in [-0.15, -0.1) is 11.3 Å². The molecule has 1 aromatic rings. The van der Waals surface area contributed by atoms with Crippen LogP contribution in [0.5, 0.6) is 0 Å². The van der Waals surface area contributed by atoms with Gasteiger partial charge in [-0.1, -0.05) is 20.3 Å². The molecule has 1 heterocycles. The third-order valence-electron chi connectivity index (χ3n) is 2.71. The molecule has 1 unspecified atom stereocenters. The van der Waals surface area contributed by atoms with E-state index in [0.717, 1.165) is 12.2 Å². The molecule has 3 heteroatoms. The lowest BCUT2D eigenvalue weighted by atomic mass is 10.0. The molecule has 88 valence electrons. The van der Waals surface area contributed by atoms with Crippen LogP contribution < -0.4 is 0 Å². The third kappa shape index (κ3) is 4.19. The smallest absolute Gasteiger partial charge is 0.133 e. The topological polar surface area (TPSA) is 23.8 Å². The minimum atomic E-state index is 0.649. The van der Waals surface area contributed by atoms with Crippen LogP contribution in [0.1, 0.15) is 48.8 Å². The Morgan fingerprint density at radius 3 is 2.88 bits per heavy atom. The molecule has 16 heavy (non-hydrogen) atoms. The Bertz CT molecular complexity index is 338. The van der Waals surface area contributed by atoms with Gasteiger partial charge in [0.05, 0.1) is 0 Å². The highest BCUT2D eigenvalue weighted by molar-refractivity contribution is 8.03. The summed E-state index contributed by atoms with van der Waals surface area (Å²) in [5.74, 6) is 1.60. The molecule has 0 aliphatic heterocycles. The van der Waals surface area contributed by atoms with Gasteiger partial charge in [0.1, 0.15) is 5.40 Å². The Labute approximate surface area is 107 Å². The van der Waals surface area contributed by atoms with Crippen LogP contribution in [0.3, 0.4) is 0 Å². The fourth-order valence-electron chi connectivity index (χ4n) is 1.79. The predicted molar refractivity (Wildman–Crippen MR) is 74.0 cm³/mol. The second-order valence-corrected chi connectivity index (χ2v) is 5.97. The Morgan fingerprint density at radius 1 is 1.44 bits per heavy atom. The van der Waals surface area contributed by atoms with Crippen LogP contribution in [0.15, 0.2) is 12.1 Å². The fourth-order valence-corrected chi connectivity index (χ4v) is 3.62. The van der Waals surface area contributed by atoms with E-state index < -0.39 is 0 Å². The number of hydrogen-bond donors (Lipinski definition) is 0. The molecule has 0 fully saturated rings. The van der Waals surface area contributed by atoms with Gasteiger partial charge in [-0.3, -0.25) is 0 Å². The summed E-state index contributed by atoms with van der Waals surface area (Å²) in [4.78, 5) is 3.01. The van der Waals surface area contributed by atoms with Crippen molar-refractivity contribution in [3.63, 3.8) is 0 Å². The van der Waals surface area contributed by atoms with Gasteiger partial charge in [-0.25, -0.2) is 0 Å². The van der Waals surface area contributed by atoms with E-state index in [4.69, 9.17) is 5.26 Å². The van der Waals surface area contributed by atoms with Crippen LogP contribution in [0.2, 0.25) is 0 Å². The third-order valence-corrected chi connectivity index (χ3v) is 4.58. The summed E-state index contributed by atoms with van der Waals surface area (Å²) in [5.41, 5.74) is 0. The molecule has 0 saturated carbocycles. The highest BCUT2D eigenvalue weighted by Gasteiger charge is 2.11. The van der Waals surface area contributed by atoms with E-state index in [9.17, 15) is 0 Å². The van der Waals surface area contributed by atoms with Gasteiger partial charge in [-0.05, 0) is 49.1 Å². The molecule has 0 aliphatic rings. The number of thioether (sulfide) groups is 1. The molecule has 0 bridgehead atoms. The second kappa shape index (κ2) is 7.76. The van der Waals surface area contributed by atoms with E-state index in [2.05, 4.69) is 31.4 Å². The van der Waals surface area contributed by atoms with Crippen LogP contribution in [0.4, 0.5) is 0 Å². The van der Waals surface area contributed by atoms with E-state index in [0.29, 0.717) is 5.92 Å². The maximum Gasteiger partial charge on any atom is 0.133 e. The molecular formula is C13H19NS2. The van der Waals surface area contributed by atoms with Crippen molar-refractivity contribution in [2.45, 2.75) is 45.4 Å². The molecular weight excluding hydrogens is 234 g/mol. The predicted octanol–water partition coefficient (Wildman–Crippen LogP) is 4.80. The van der Waals surface area contributed by atoms with Crippen LogP contribution in [-0.2, 0) is 6.42 Å².